The van der Waals surface area contributed by atoms with Crippen molar-refractivity contribution in [2.75, 3.05) is 26.2 Å². The highest BCUT2D eigenvalue weighted by molar-refractivity contribution is 5.80. The van der Waals surface area contributed by atoms with Gasteiger partial charge in [0.15, 0.2) is 5.96 Å². The second-order valence-corrected chi connectivity index (χ2v) is 6.77. The normalized spacial score (nSPS) is 17.6. The summed E-state index contributed by atoms with van der Waals surface area (Å²) in [4.78, 5) is 11.4. The van der Waals surface area contributed by atoms with Gasteiger partial charge in [0.05, 0.1) is 18.5 Å². The highest BCUT2D eigenvalue weighted by Gasteiger charge is 2.20. The van der Waals surface area contributed by atoms with E-state index in [4.69, 9.17) is 4.42 Å². The Morgan fingerprint density at radius 1 is 1.33 bits per heavy atom. The van der Waals surface area contributed by atoms with Gasteiger partial charge in [0.2, 0.25) is 0 Å². The molecule has 1 aliphatic rings. The summed E-state index contributed by atoms with van der Waals surface area (Å²) in [6.07, 6.45) is 4.79. The maximum atomic E-state index is 10.1. The van der Waals surface area contributed by atoms with Gasteiger partial charge < -0.3 is 20.2 Å². The summed E-state index contributed by atoms with van der Waals surface area (Å²) < 4.78 is 5.23. The van der Waals surface area contributed by atoms with Crippen molar-refractivity contribution in [2.45, 2.75) is 38.5 Å². The Morgan fingerprint density at radius 3 is 2.85 bits per heavy atom. The number of piperidine rings is 1. The molecule has 0 aliphatic carbocycles. The van der Waals surface area contributed by atoms with Crippen LogP contribution in [0.3, 0.4) is 0 Å². The standard InChI is InChI=1S/C20H29N5O2/c1-2-21-20(23-14-18(26)19-7-5-13-27-19)24-16-8-11-25(12-9-16)15-17-6-3-4-10-22-17/h3-7,10,13,16,18,26H,2,8-9,11-12,14-15H2,1H3,(H2,21,23,24). The third kappa shape index (κ3) is 6.08. The number of aromatic nitrogens is 1. The van der Waals surface area contributed by atoms with Crippen LogP contribution in [0.4, 0.5) is 0 Å². The molecule has 3 N–H and O–H groups in total. The number of hydrogen-bond acceptors (Lipinski definition) is 5. The largest absolute Gasteiger partial charge is 0.467 e. The first kappa shape index (κ1) is 19.4. The Labute approximate surface area is 160 Å². The van der Waals surface area contributed by atoms with Crippen LogP contribution in [0.1, 0.15) is 37.3 Å². The van der Waals surface area contributed by atoms with Crippen molar-refractivity contribution in [2.24, 2.45) is 4.99 Å². The monoisotopic (exact) mass is 371 g/mol. The molecule has 1 atom stereocenters. The van der Waals surface area contributed by atoms with Crippen molar-refractivity contribution >= 4 is 5.96 Å². The molecule has 0 bridgehead atoms. The predicted octanol–water partition coefficient (Wildman–Crippen LogP) is 1.93. The third-order valence-corrected chi connectivity index (χ3v) is 4.68. The van der Waals surface area contributed by atoms with Crippen LogP contribution in [0.25, 0.3) is 0 Å². The molecule has 0 amide bonds. The van der Waals surface area contributed by atoms with Crippen LogP contribution in [-0.4, -0.2) is 53.2 Å². The van der Waals surface area contributed by atoms with E-state index in [1.54, 1.807) is 18.4 Å². The smallest absolute Gasteiger partial charge is 0.191 e. The van der Waals surface area contributed by atoms with Gasteiger partial charge in [0, 0.05) is 38.4 Å². The van der Waals surface area contributed by atoms with Crippen molar-refractivity contribution in [1.82, 2.24) is 20.5 Å². The van der Waals surface area contributed by atoms with Crippen LogP contribution in [-0.2, 0) is 6.54 Å². The average molecular weight is 371 g/mol. The van der Waals surface area contributed by atoms with E-state index in [0.29, 0.717) is 11.8 Å². The van der Waals surface area contributed by atoms with E-state index in [9.17, 15) is 5.11 Å². The van der Waals surface area contributed by atoms with Crippen molar-refractivity contribution in [1.29, 1.82) is 0 Å². The van der Waals surface area contributed by atoms with E-state index in [2.05, 4.69) is 31.6 Å². The zero-order valence-corrected chi connectivity index (χ0v) is 15.8. The first-order chi connectivity index (χ1) is 13.2. The van der Waals surface area contributed by atoms with Crippen molar-refractivity contribution in [3.05, 3.63) is 54.2 Å². The number of nitrogens with one attached hydrogen (secondary N) is 2. The summed E-state index contributed by atoms with van der Waals surface area (Å²) in [6.45, 7) is 6.04. The minimum Gasteiger partial charge on any atom is -0.467 e. The van der Waals surface area contributed by atoms with Crippen LogP contribution in [0.5, 0.6) is 0 Å². The molecule has 1 fully saturated rings. The molecule has 0 spiro atoms. The van der Waals surface area contributed by atoms with Gasteiger partial charge in [-0.2, -0.15) is 0 Å². The number of rotatable bonds is 7. The quantitative estimate of drug-likeness (QED) is 0.509. The summed E-state index contributed by atoms with van der Waals surface area (Å²) in [5, 5.41) is 16.9. The molecule has 3 heterocycles. The first-order valence-corrected chi connectivity index (χ1v) is 9.63. The predicted molar refractivity (Wildman–Crippen MR) is 105 cm³/mol. The number of guanidine groups is 1. The minimum absolute atomic E-state index is 0.265. The van der Waals surface area contributed by atoms with Gasteiger partial charge in [-0.3, -0.25) is 14.9 Å². The molecule has 7 heteroatoms. The lowest BCUT2D eigenvalue weighted by atomic mass is 10.0. The molecule has 2 aromatic rings. The molecule has 3 rings (SSSR count). The third-order valence-electron chi connectivity index (χ3n) is 4.68. The highest BCUT2D eigenvalue weighted by atomic mass is 16.4. The second-order valence-electron chi connectivity index (χ2n) is 6.77. The molecule has 0 radical (unpaired) electrons. The van der Waals surface area contributed by atoms with Crippen molar-refractivity contribution < 1.29 is 9.52 Å². The fourth-order valence-electron chi connectivity index (χ4n) is 3.22. The molecule has 0 aromatic carbocycles. The number of aliphatic hydroxyl groups excluding tert-OH is 1. The van der Waals surface area contributed by atoms with Gasteiger partial charge in [0.25, 0.3) is 0 Å². The molecular formula is C20H29N5O2. The maximum Gasteiger partial charge on any atom is 0.191 e. The molecule has 1 unspecified atom stereocenters. The number of furan rings is 1. The number of aliphatic hydroxyl groups is 1. The first-order valence-electron chi connectivity index (χ1n) is 9.63. The second kappa shape index (κ2) is 10.1. The number of hydrogen-bond donors (Lipinski definition) is 3. The Morgan fingerprint density at radius 2 is 2.19 bits per heavy atom. The van der Waals surface area contributed by atoms with Gasteiger partial charge in [0.1, 0.15) is 11.9 Å². The number of pyridine rings is 1. The lowest BCUT2D eigenvalue weighted by Gasteiger charge is -2.32. The Bertz CT molecular complexity index is 682. The maximum absolute atomic E-state index is 10.1. The van der Waals surface area contributed by atoms with E-state index in [0.717, 1.165) is 50.7 Å². The number of likely N-dealkylation sites (tertiary alicyclic amines) is 1. The molecular weight excluding hydrogens is 342 g/mol. The Hall–Kier alpha value is -2.38. The van der Waals surface area contributed by atoms with E-state index in [1.165, 1.54) is 0 Å². The van der Waals surface area contributed by atoms with Crippen LogP contribution in [0, 0.1) is 0 Å². The molecule has 1 saturated heterocycles. The molecule has 7 nitrogen and oxygen atoms in total. The van der Waals surface area contributed by atoms with Gasteiger partial charge in [-0.05, 0) is 44.0 Å². The lowest BCUT2D eigenvalue weighted by Crippen LogP contribution is -2.48. The van der Waals surface area contributed by atoms with Crippen molar-refractivity contribution in [3.63, 3.8) is 0 Å². The van der Waals surface area contributed by atoms with Crippen LogP contribution in [0.2, 0.25) is 0 Å². The molecule has 2 aromatic heterocycles. The fraction of sp³-hybridized carbons (Fsp3) is 0.500. The molecule has 1 aliphatic heterocycles. The summed E-state index contributed by atoms with van der Waals surface area (Å²) in [5.41, 5.74) is 1.12. The van der Waals surface area contributed by atoms with Gasteiger partial charge >= 0.3 is 0 Å². The Balaban J connectivity index is 1.46. The van der Waals surface area contributed by atoms with E-state index in [-0.39, 0.29) is 6.54 Å². The number of nitrogens with zero attached hydrogens (tertiary/aromatic N) is 3. The molecule has 27 heavy (non-hydrogen) atoms. The zero-order valence-electron chi connectivity index (χ0n) is 15.8. The van der Waals surface area contributed by atoms with Crippen molar-refractivity contribution in [3.8, 4) is 0 Å². The highest BCUT2D eigenvalue weighted by Crippen LogP contribution is 2.14. The lowest BCUT2D eigenvalue weighted by molar-refractivity contribution is 0.158. The average Bonchev–Trinajstić information content (AvgIpc) is 3.23. The number of aliphatic imine (C=N–C) groups is 1. The zero-order chi connectivity index (χ0) is 18.9. The summed E-state index contributed by atoms with van der Waals surface area (Å²) in [6, 6.07) is 9.97. The summed E-state index contributed by atoms with van der Waals surface area (Å²) in [7, 11) is 0. The van der Waals surface area contributed by atoms with Gasteiger partial charge in [-0.15, -0.1) is 0 Å². The van der Waals surface area contributed by atoms with Crippen LogP contribution < -0.4 is 10.6 Å². The van der Waals surface area contributed by atoms with Gasteiger partial charge in [-0.1, -0.05) is 6.07 Å². The summed E-state index contributed by atoms with van der Waals surface area (Å²) >= 11 is 0. The molecule has 146 valence electrons. The van der Waals surface area contributed by atoms with E-state index in [1.807, 2.05) is 25.3 Å². The molecule has 0 saturated carbocycles. The van der Waals surface area contributed by atoms with Gasteiger partial charge in [-0.25, -0.2) is 0 Å². The summed E-state index contributed by atoms with van der Waals surface area (Å²) in [5.74, 6) is 1.28. The fourth-order valence-corrected chi connectivity index (χ4v) is 3.22. The Kier molecular flexibility index (Phi) is 7.24. The topological polar surface area (TPSA) is 85.9 Å². The van der Waals surface area contributed by atoms with Crippen LogP contribution in [0.15, 0.2) is 52.2 Å². The van der Waals surface area contributed by atoms with E-state index >= 15 is 0 Å². The van der Waals surface area contributed by atoms with E-state index < -0.39 is 6.10 Å². The van der Waals surface area contributed by atoms with Crippen LogP contribution >= 0.6 is 0 Å². The minimum atomic E-state index is -0.726. The SMILES string of the molecule is CCNC(=NCC(O)c1ccco1)NC1CCN(Cc2ccccn2)CC1.